The number of nitrogens with two attached hydrogens (primary N) is 2. The van der Waals surface area contributed by atoms with Crippen LogP contribution in [0, 0.1) is 5.92 Å². The van der Waals surface area contributed by atoms with Crippen LogP contribution in [-0.4, -0.2) is 167 Å². The molecule has 4 aliphatic heterocycles. The summed E-state index contributed by atoms with van der Waals surface area (Å²) >= 11 is 0.409. The number of carbonyl (C=O) groups is 5. The summed E-state index contributed by atoms with van der Waals surface area (Å²) in [4.78, 5) is 114. The Kier molecular flexibility index (Phi) is 19.2. The number of urea groups is 1. The fourth-order valence-electron chi connectivity index (χ4n) is 8.40. The number of nitrogens with zero attached hydrogens (tertiary/aromatic N) is 6. The van der Waals surface area contributed by atoms with E-state index in [1.165, 1.54) is 17.1 Å². The van der Waals surface area contributed by atoms with Crippen LogP contribution in [0.15, 0.2) is 46.7 Å². The molecule has 13 atom stereocenters. The van der Waals surface area contributed by atoms with Gasteiger partial charge >= 0.3 is 26.3 Å². The first-order valence-corrected chi connectivity index (χ1v) is 28.3. The molecule has 3 aromatic rings. The molecule has 7 rings (SSSR count). The van der Waals surface area contributed by atoms with Crippen LogP contribution in [0.5, 0.6) is 0 Å². The number of amides is 6. The minimum Gasteiger partial charge on any atom is -0.382 e. The number of unbranched alkanes of at least 4 members (excludes halogenated alkanes) is 1. The Bertz CT molecular complexity index is 2870. The third-order valence-electron chi connectivity index (χ3n) is 12.2. The van der Waals surface area contributed by atoms with Crippen molar-refractivity contribution in [2.75, 3.05) is 44.3 Å². The number of phosphoric ester groups is 1. The molecule has 0 saturated carbocycles. The third-order valence-corrected chi connectivity index (χ3v) is 16.9. The number of alkyl halides is 2. The second-order valence-corrected chi connectivity index (χ2v) is 23.5. The number of halogens is 2. The number of anilines is 1. The summed E-state index contributed by atoms with van der Waals surface area (Å²) in [6, 6.07) is -2.38. The van der Waals surface area contributed by atoms with E-state index in [0.717, 1.165) is 29.5 Å². The van der Waals surface area contributed by atoms with Crippen molar-refractivity contribution in [1.82, 2.24) is 55.2 Å². The van der Waals surface area contributed by atoms with E-state index in [-0.39, 0.29) is 67.5 Å². The van der Waals surface area contributed by atoms with E-state index in [4.69, 9.17) is 39.0 Å². The van der Waals surface area contributed by atoms with Crippen molar-refractivity contribution < 1.29 is 79.5 Å². The van der Waals surface area contributed by atoms with E-state index in [1.54, 1.807) is 13.8 Å². The lowest BCUT2D eigenvalue weighted by atomic mass is 10.0. The van der Waals surface area contributed by atoms with Crippen LogP contribution >= 0.6 is 26.0 Å². The molecule has 0 aliphatic carbocycles. The zero-order valence-corrected chi connectivity index (χ0v) is 43.2. The fourth-order valence-corrected chi connectivity index (χ4v) is 12.7. The van der Waals surface area contributed by atoms with Crippen LogP contribution in [-0.2, 0) is 55.9 Å². The summed E-state index contributed by atoms with van der Waals surface area (Å²) < 4.78 is 96.9. The van der Waals surface area contributed by atoms with Crippen molar-refractivity contribution in [2.24, 2.45) is 11.7 Å². The first-order chi connectivity index (χ1) is 36.0. The molecule has 11 N–H and O–H groups in total. The van der Waals surface area contributed by atoms with Gasteiger partial charge in [-0.25, -0.2) is 42.5 Å². The smallest absolute Gasteiger partial charge is 0.382 e. The predicted molar refractivity (Wildman–Crippen MR) is 259 cm³/mol. The number of hydrogen-bond acceptors (Lipinski definition) is 21. The van der Waals surface area contributed by atoms with Crippen molar-refractivity contribution in [2.45, 2.75) is 113 Å². The summed E-state index contributed by atoms with van der Waals surface area (Å²) in [7, 11) is -5.33. The van der Waals surface area contributed by atoms with Crippen molar-refractivity contribution in [3.63, 3.8) is 0 Å². The fraction of sp³-hybridized carbons (Fsp3) is 0.610. The van der Waals surface area contributed by atoms with Crippen molar-refractivity contribution in [1.29, 1.82) is 0 Å². The highest BCUT2D eigenvalue weighted by Gasteiger charge is 2.55. The van der Waals surface area contributed by atoms with Gasteiger partial charge < -0.3 is 57.1 Å². The van der Waals surface area contributed by atoms with Crippen LogP contribution in [0.25, 0.3) is 11.2 Å². The summed E-state index contributed by atoms with van der Waals surface area (Å²) in [5.41, 5.74) is 9.19. The maximum atomic E-state index is 16.6. The Labute approximate surface area is 433 Å². The van der Waals surface area contributed by atoms with Crippen LogP contribution in [0.3, 0.4) is 0 Å². The maximum absolute atomic E-state index is 16.6. The molecule has 30 nitrogen and oxygen atoms in total. The zero-order valence-electron chi connectivity index (χ0n) is 40.6. The number of hydrogen-bond donors (Lipinski definition) is 9. The quantitative estimate of drug-likeness (QED) is 0.0497. The van der Waals surface area contributed by atoms with Gasteiger partial charge in [0.25, 0.3) is 5.56 Å². The molecule has 0 bridgehead atoms. The first kappa shape index (κ1) is 58.0. The number of H-pyrrole nitrogens is 1. The second-order valence-electron chi connectivity index (χ2n) is 17.9. The average Bonchev–Trinajstić information content (AvgIpc) is 4.10. The number of primary amides is 1. The number of carbonyl (C=O) groups excluding carboxylic acids is 5. The molecule has 3 fully saturated rings. The van der Waals surface area contributed by atoms with Crippen LogP contribution < -0.4 is 44.0 Å². The molecule has 76 heavy (non-hydrogen) atoms. The number of phosphoric acid groups is 1. The molecule has 3 aromatic heterocycles. The highest BCUT2D eigenvalue weighted by molar-refractivity contribution is 8.55. The number of fused-ring (bicyclic) bond motifs is 3. The second kappa shape index (κ2) is 25.2. The number of nitrogen functional groups attached to an aromatic ring is 1. The summed E-state index contributed by atoms with van der Waals surface area (Å²) in [6.45, 7) is -3.63. The Balaban J connectivity index is 1.05. The number of imidazole rings is 1. The van der Waals surface area contributed by atoms with Crippen LogP contribution in [0.2, 0.25) is 0 Å². The molecule has 0 aromatic carbocycles. The van der Waals surface area contributed by atoms with Gasteiger partial charge in [-0.2, -0.15) is 0 Å². The molecule has 3 saturated heterocycles. The Hall–Kier alpha value is -5.73. The molecule has 5 unspecified atom stereocenters. The molecule has 0 spiro atoms. The topological polar surface area (TPSA) is 417 Å². The number of ether oxygens (including phenoxy) is 2. The Morgan fingerprint density at radius 3 is 2.29 bits per heavy atom. The number of aliphatic hydroxyl groups excluding tert-OH is 1. The molecule has 418 valence electrons. The molecule has 4 aliphatic rings. The van der Waals surface area contributed by atoms with Crippen LogP contribution in [0.1, 0.15) is 58.4 Å². The van der Waals surface area contributed by atoms with Crippen LogP contribution in [0.4, 0.5) is 19.4 Å². The molecule has 6 amide bonds. The van der Waals surface area contributed by atoms with E-state index >= 15 is 8.78 Å². The molecule has 0 radical (unpaired) electrons. The maximum Gasteiger partial charge on any atom is 0.472 e. The van der Waals surface area contributed by atoms with Gasteiger partial charge in [0.2, 0.25) is 23.6 Å². The van der Waals surface area contributed by atoms with Crippen molar-refractivity contribution in [3.05, 3.63) is 57.9 Å². The van der Waals surface area contributed by atoms with Gasteiger partial charge in [0.05, 0.1) is 19.5 Å². The van der Waals surface area contributed by atoms with E-state index < -0.39 is 136 Å². The lowest BCUT2D eigenvalue weighted by Crippen LogP contribution is -2.55. The highest BCUT2D eigenvalue weighted by Crippen LogP contribution is 2.64. The SMILES string of the molecule is CC(C)C(NC(=O)CCCCN1C(=O)C=CC1O)C(=O)NC(CCCNC(N)=O)C(=O)NCCSP1(=O)OC[C@H]2O[C@@H](n3cnc4c(N)ncnc43)[C@H](F)[C@@H]2OP(=O)(O)OC[C@H]2O[C@@H](n3ccc(=O)[nH]c3=O)[C@H](F)[C@@H]2O1. The van der Waals surface area contributed by atoms with E-state index in [2.05, 4.69) is 36.2 Å². The number of aliphatic hydroxyl groups is 1. The molecule has 7 heterocycles. The number of nitrogens with one attached hydrogen (secondary N) is 5. The summed E-state index contributed by atoms with van der Waals surface area (Å²) in [5.74, 6) is -3.25. The van der Waals surface area contributed by atoms with Gasteiger partial charge in [0.1, 0.15) is 54.6 Å². The monoisotopic (exact) mass is 1140 g/mol. The van der Waals surface area contributed by atoms with Gasteiger partial charge in [-0.1, -0.05) is 13.8 Å². The molecule has 35 heteroatoms. The lowest BCUT2D eigenvalue weighted by Gasteiger charge is -2.29. The van der Waals surface area contributed by atoms with Gasteiger partial charge in [0.15, 0.2) is 36.3 Å². The third kappa shape index (κ3) is 14.2. The largest absolute Gasteiger partial charge is 0.472 e. The van der Waals surface area contributed by atoms with E-state index in [9.17, 15) is 52.7 Å². The number of aromatic nitrogens is 6. The normalized spacial score (nSPS) is 29.5. The van der Waals surface area contributed by atoms with E-state index in [1.807, 2.05) is 4.98 Å². The van der Waals surface area contributed by atoms with Gasteiger partial charge in [-0.3, -0.25) is 56.2 Å². The molecular weight excluding hydrogens is 1080 g/mol. The minimum atomic E-state index is -5.33. The first-order valence-electron chi connectivity index (χ1n) is 23.7. The average molecular weight is 1140 g/mol. The Morgan fingerprint density at radius 2 is 1.62 bits per heavy atom. The number of aromatic amines is 1. The van der Waals surface area contributed by atoms with Crippen molar-refractivity contribution in [3.8, 4) is 0 Å². The summed E-state index contributed by atoms with van der Waals surface area (Å²) in [5, 5.41) is 20.2. The van der Waals surface area contributed by atoms with Crippen molar-refractivity contribution >= 4 is 72.6 Å². The van der Waals surface area contributed by atoms with Gasteiger partial charge in [-0.05, 0) is 49.1 Å². The van der Waals surface area contributed by atoms with Gasteiger partial charge in [0, 0.05) is 50.1 Å². The van der Waals surface area contributed by atoms with Gasteiger partial charge in [-0.15, -0.1) is 0 Å². The Morgan fingerprint density at radius 1 is 0.921 bits per heavy atom. The van der Waals surface area contributed by atoms with E-state index in [0.29, 0.717) is 28.8 Å². The zero-order chi connectivity index (χ0) is 55.1. The lowest BCUT2D eigenvalue weighted by molar-refractivity contribution is -0.133. The standard InChI is InChI=1S/C41H57F2N13O17P2S/c1-20(2)30(52-24(57)7-3-4-13-54-26(59)8-9-27(54)60)37(62)51-21(6-5-11-47-40(45)63)36(61)46-12-15-76-75(67)69-17-23-32(28(42)39(71-23)56-19-50-31-34(44)48-18-49-35(31)56)72-74(65,66)68-16-22-33(73-75)29(43)38(70-22)55-14-10-25(58)53-41(55)64/h8-10,14,18-23,26,28-30,32-33,38-39,59H,3-7,11-13,15-17H2,1-2H3,(H,46,61)(H,51,62)(H,52,57)(H,65,66)(H2,44,48,49)(H3,45,47,63)(H,53,58,64)/t21?,22-,23-,26?,28-,29-,30?,32-,33-,38-,39-,75?/m1/s1. The minimum absolute atomic E-state index is 0.00366. The predicted octanol–water partition coefficient (Wildman–Crippen LogP) is -0.734. The molecular formula is C41H57F2N13O17P2S. The summed E-state index contributed by atoms with van der Waals surface area (Å²) in [6.07, 6.45) is -10.5. The highest BCUT2D eigenvalue weighted by atomic mass is 32.7. The number of rotatable bonds is 20.